The molecule has 3 heterocycles. The van der Waals surface area contributed by atoms with E-state index in [2.05, 4.69) is 14.9 Å². The standard InChI is InChI=1S/C21H34N4O3/c1-16-13-20(23-17(2)22-16)21(26)25(15-19-5-4-11-28-19)14-18-6-8-24(9-7-18)10-12-27-3/h13,18-19H,4-12,14-15H2,1-3H3. The summed E-state index contributed by atoms with van der Waals surface area (Å²) in [6.45, 7) is 9.89. The first-order valence-corrected chi connectivity index (χ1v) is 10.5. The van der Waals surface area contributed by atoms with Crippen LogP contribution in [0.3, 0.4) is 0 Å². The zero-order chi connectivity index (χ0) is 19.9. The van der Waals surface area contributed by atoms with Crippen LogP contribution in [0.4, 0.5) is 0 Å². The van der Waals surface area contributed by atoms with Gasteiger partial charge >= 0.3 is 0 Å². The van der Waals surface area contributed by atoms with Crippen LogP contribution in [0.1, 0.15) is 47.7 Å². The third-order valence-electron chi connectivity index (χ3n) is 5.72. The Balaban J connectivity index is 1.64. The Morgan fingerprint density at radius 2 is 2.04 bits per heavy atom. The van der Waals surface area contributed by atoms with E-state index in [0.717, 1.165) is 70.8 Å². The van der Waals surface area contributed by atoms with Crippen molar-refractivity contribution in [3.8, 4) is 0 Å². The van der Waals surface area contributed by atoms with Crippen LogP contribution in [-0.4, -0.2) is 84.8 Å². The van der Waals surface area contributed by atoms with Gasteiger partial charge in [-0.15, -0.1) is 0 Å². The van der Waals surface area contributed by atoms with Crippen LogP contribution in [0, 0.1) is 19.8 Å². The molecule has 0 spiro atoms. The molecule has 2 saturated heterocycles. The molecule has 0 saturated carbocycles. The van der Waals surface area contributed by atoms with Crippen LogP contribution in [0.5, 0.6) is 0 Å². The molecule has 1 amide bonds. The molecule has 7 nitrogen and oxygen atoms in total. The van der Waals surface area contributed by atoms with E-state index in [4.69, 9.17) is 9.47 Å². The molecule has 2 aliphatic heterocycles. The first-order chi connectivity index (χ1) is 13.5. The van der Waals surface area contributed by atoms with Gasteiger partial charge in [0.05, 0.1) is 12.7 Å². The number of aromatic nitrogens is 2. The minimum atomic E-state index is 0.00547. The predicted molar refractivity (Wildman–Crippen MR) is 107 cm³/mol. The van der Waals surface area contributed by atoms with Crippen molar-refractivity contribution in [3.05, 3.63) is 23.3 Å². The smallest absolute Gasteiger partial charge is 0.272 e. The largest absolute Gasteiger partial charge is 0.383 e. The fraction of sp³-hybridized carbons (Fsp3) is 0.762. The second-order valence-electron chi connectivity index (χ2n) is 8.06. The lowest BCUT2D eigenvalue weighted by Crippen LogP contribution is -2.44. The number of carbonyl (C=O) groups is 1. The maximum atomic E-state index is 13.3. The van der Waals surface area contributed by atoms with E-state index in [1.54, 1.807) is 13.2 Å². The summed E-state index contributed by atoms with van der Waals surface area (Å²) in [5.41, 5.74) is 1.33. The third-order valence-corrected chi connectivity index (χ3v) is 5.72. The number of amides is 1. The molecule has 2 fully saturated rings. The lowest BCUT2D eigenvalue weighted by atomic mass is 9.95. The zero-order valence-corrected chi connectivity index (χ0v) is 17.5. The van der Waals surface area contributed by atoms with Crippen molar-refractivity contribution in [1.29, 1.82) is 0 Å². The number of rotatable bonds is 8. The molecule has 1 aromatic rings. The molecule has 156 valence electrons. The summed E-state index contributed by atoms with van der Waals surface area (Å²) in [6.07, 6.45) is 4.48. The average molecular weight is 391 g/mol. The summed E-state index contributed by atoms with van der Waals surface area (Å²) in [5, 5.41) is 0. The molecular weight excluding hydrogens is 356 g/mol. The molecule has 1 atom stereocenters. The number of hydrogen-bond acceptors (Lipinski definition) is 6. The van der Waals surface area contributed by atoms with Gasteiger partial charge in [0, 0.05) is 39.0 Å². The number of piperidine rings is 1. The molecular formula is C21H34N4O3. The van der Waals surface area contributed by atoms with Gasteiger partial charge in [-0.2, -0.15) is 0 Å². The number of hydrogen-bond donors (Lipinski definition) is 0. The van der Waals surface area contributed by atoms with Crippen molar-refractivity contribution in [2.45, 2.75) is 45.6 Å². The van der Waals surface area contributed by atoms with Crippen LogP contribution in [0.15, 0.2) is 6.07 Å². The monoisotopic (exact) mass is 390 g/mol. The molecule has 0 radical (unpaired) electrons. The molecule has 1 unspecified atom stereocenters. The number of carbonyl (C=O) groups excluding carboxylic acids is 1. The Morgan fingerprint density at radius 1 is 1.25 bits per heavy atom. The van der Waals surface area contributed by atoms with Gasteiger partial charge in [-0.1, -0.05) is 0 Å². The molecule has 28 heavy (non-hydrogen) atoms. The molecule has 3 rings (SSSR count). The summed E-state index contributed by atoms with van der Waals surface area (Å²) < 4.78 is 11.0. The normalized spacial score (nSPS) is 21.2. The van der Waals surface area contributed by atoms with E-state index < -0.39 is 0 Å². The van der Waals surface area contributed by atoms with Crippen molar-refractivity contribution in [1.82, 2.24) is 19.8 Å². The van der Waals surface area contributed by atoms with E-state index in [1.165, 1.54) is 0 Å². The number of ether oxygens (including phenoxy) is 2. The van der Waals surface area contributed by atoms with E-state index in [-0.39, 0.29) is 12.0 Å². The molecule has 0 aromatic carbocycles. The van der Waals surface area contributed by atoms with Gasteiger partial charge in [0.15, 0.2) is 0 Å². The van der Waals surface area contributed by atoms with E-state index in [1.807, 2.05) is 18.7 Å². The highest BCUT2D eigenvalue weighted by atomic mass is 16.5. The summed E-state index contributed by atoms with van der Waals surface area (Å²) in [7, 11) is 1.75. The summed E-state index contributed by atoms with van der Waals surface area (Å²) in [4.78, 5) is 26.4. The Kier molecular flexibility index (Phi) is 7.76. The summed E-state index contributed by atoms with van der Waals surface area (Å²) in [5.74, 6) is 1.17. The number of nitrogens with zero attached hydrogens (tertiary/aromatic N) is 4. The number of methoxy groups -OCH3 is 1. The molecule has 2 aliphatic rings. The Bertz CT molecular complexity index is 620. The van der Waals surface area contributed by atoms with Crippen molar-refractivity contribution in [3.63, 3.8) is 0 Å². The van der Waals surface area contributed by atoms with Crippen molar-refractivity contribution in [2.24, 2.45) is 5.92 Å². The second-order valence-corrected chi connectivity index (χ2v) is 8.06. The highest BCUT2D eigenvalue weighted by Crippen LogP contribution is 2.21. The van der Waals surface area contributed by atoms with E-state index >= 15 is 0 Å². The van der Waals surface area contributed by atoms with Crippen LogP contribution >= 0.6 is 0 Å². The minimum absolute atomic E-state index is 0.00547. The average Bonchev–Trinajstić information content (AvgIpc) is 3.18. The number of aryl methyl sites for hydroxylation is 2. The summed E-state index contributed by atoms with van der Waals surface area (Å²) >= 11 is 0. The second kappa shape index (κ2) is 10.3. The quantitative estimate of drug-likeness (QED) is 0.677. The van der Waals surface area contributed by atoms with Gasteiger partial charge in [-0.3, -0.25) is 4.79 Å². The fourth-order valence-corrected chi connectivity index (χ4v) is 4.19. The minimum Gasteiger partial charge on any atom is -0.383 e. The van der Waals surface area contributed by atoms with Gasteiger partial charge < -0.3 is 19.3 Å². The highest BCUT2D eigenvalue weighted by molar-refractivity contribution is 5.92. The van der Waals surface area contributed by atoms with Gasteiger partial charge in [-0.05, 0) is 64.6 Å². The zero-order valence-electron chi connectivity index (χ0n) is 17.5. The summed E-state index contributed by atoms with van der Waals surface area (Å²) in [6, 6.07) is 1.80. The maximum absolute atomic E-state index is 13.3. The SMILES string of the molecule is COCCN1CCC(CN(CC2CCCO2)C(=O)c2cc(C)nc(C)n2)CC1. The lowest BCUT2D eigenvalue weighted by molar-refractivity contribution is 0.0432. The fourth-order valence-electron chi connectivity index (χ4n) is 4.19. The van der Waals surface area contributed by atoms with Crippen LogP contribution in [0.2, 0.25) is 0 Å². The predicted octanol–water partition coefficient (Wildman–Crippen LogP) is 2.07. The van der Waals surface area contributed by atoms with Crippen LogP contribution in [-0.2, 0) is 9.47 Å². The van der Waals surface area contributed by atoms with Crippen molar-refractivity contribution < 1.29 is 14.3 Å². The van der Waals surface area contributed by atoms with Crippen molar-refractivity contribution in [2.75, 3.05) is 53.0 Å². The molecule has 0 aliphatic carbocycles. The Morgan fingerprint density at radius 3 is 2.68 bits per heavy atom. The van der Waals surface area contributed by atoms with E-state index in [0.29, 0.717) is 24.0 Å². The first kappa shape index (κ1) is 21.1. The maximum Gasteiger partial charge on any atom is 0.272 e. The Labute approximate surface area is 168 Å². The van der Waals surface area contributed by atoms with Crippen molar-refractivity contribution >= 4 is 5.91 Å². The van der Waals surface area contributed by atoms with Gasteiger partial charge in [0.1, 0.15) is 11.5 Å². The molecule has 7 heteroatoms. The topological polar surface area (TPSA) is 67.8 Å². The van der Waals surface area contributed by atoms with Gasteiger partial charge in [-0.25, -0.2) is 9.97 Å². The lowest BCUT2D eigenvalue weighted by Gasteiger charge is -2.35. The third kappa shape index (κ3) is 5.96. The number of likely N-dealkylation sites (tertiary alicyclic amines) is 1. The van der Waals surface area contributed by atoms with Gasteiger partial charge in [0.25, 0.3) is 5.91 Å². The molecule has 0 bridgehead atoms. The molecule has 1 aromatic heterocycles. The van der Waals surface area contributed by atoms with Crippen LogP contribution < -0.4 is 0 Å². The first-order valence-electron chi connectivity index (χ1n) is 10.5. The Hall–Kier alpha value is -1.57. The van der Waals surface area contributed by atoms with Crippen LogP contribution in [0.25, 0.3) is 0 Å². The van der Waals surface area contributed by atoms with E-state index in [9.17, 15) is 4.79 Å². The molecule has 0 N–H and O–H groups in total. The highest BCUT2D eigenvalue weighted by Gasteiger charge is 2.28. The van der Waals surface area contributed by atoms with Gasteiger partial charge in [0.2, 0.25) is 0 Å².